The van der Waals surface area contributed by atoms with Crippen molar-refractivity contribution >= 4 is 22.7 Å². The van der Waals surface area contributed by atoms with Crippen LogP contribution in [-0.2, 0) is 11.1 Å². The van der Waals surface area contributed by atoms with Gasteiger partial charge in [-0.05, 0) is 19.3 Å². The minimum Gasteiger partial charge on any atom is -0.476 e. The summed E-state index contributed by atoms with van der Waals surface area (Å²) in [6.45, 7) is 4.19. The van der Waals surface area contributed by atoms with Crippen LogP contribution in [0.25, 0.3) is 16.9 Å². The number of hydrogen-bond acceptors (Lipinski definition) is 8. The zero-order valence-electron chi connectivity index (χ0n) is 16.8. The molecule has 3 aromatic heterocycles. The van der Waals surface area contributed by atoms with Crippen molar-refractivity contribution in [2.75, 3.05) is 30.9 Å². The Morgan fingerprint density at radius 2 is 2.20 bits per heavy atom. The highest BCUT2D eigenvalue weighted by Gasteiger charge is 2.22. The van der Waals surface area contributed by atoms with E-state index in [0.29, 0.717) is 29.8 Å². The predicted octanol–water partition coefficient (Wildman–Crippen LogP) is 1.75. The molecule has 1 fully saturated rings. The maximum Gasteiger partial charge on any atom is 0.244 e. The van der Waals surface area contributed by atoms with Gasteiger partial charge in [0.1, 0.15) is 11.6 Å². The second-order valence-corrected chi connectivity index (χ2v) is 8.19. The number of anilines is 1. The Hall–Kier alpha value is -2.57. The Kier molecular flexibility index (Phi) is 6.55. The van der Waals surface area contributed by atoms with Gasteiger partial charge in [-0.25, -0.2) is 9.19 Å². The van der Waals surface area contributed by atoms with E-state index in [1.54, 1.807) is 23.1 Å². The molecule has 162 valence electrons. The Bertz CT molecular complexity index is 985. The molecule has 4 rings (SSSR count). The number of rotatable bonds is 9. The van der Waals surface area contributed by atoms with Crippen LogP contribution >= 0.6 is 0 Å². The number of likely N-dealkylation sites (tertiary alicyclic amines) is 1. The molecule has 1 aliphatic rings. The zero-order valence-corrected chi connectivity index (χ0v) is 17.6. The van der Waals surface area contributed by atoms with E-state index in [1.807, 2.05) is 4.90 Å². The second kappa shape index (κ2) is 9.49. The second-order valence-electron chi connectivity index (χ2n) is 7.29. The smallest absolute Gasteiger partial charge is 0.244 e. The topological polar surface area (TPSA) is 134 Å². The maximum atomic E-state index is 11.0. The van der Waals surface area contributed by atoms with Crippen LogP contribution in [0.2, 0.25) is 0 Å². The first-order chi connectivity index (χ1) is 14.6. The van der Waals surface area contributed by atoms with Crippen LogP contribution in [0.1, 0.15) is 32.6 Å². The highest BCUT2D eigenvalue weighted by Crippen LogP contribution is 2.28. The normalized spacial score (nSPS) is 16.7. The Morgan fingerprint density at radius 3 is 2.90 bits per heavy atom. The van der Waals surface area contributed by atoms with Crippen molar-refractivity contribution in [3.05, 3.63) is 18.6 Å². The van der Waals surface area contributed by atoms with E-state index in [2.05, 4.69) is 37.5 Å². The van der Waals surface area contributed by atoms with E-state index in [-0.39, 0.29) is 11.9 Å². The van der Waals surface area contributed by atoms with Crippen molar-refractivity contribution in [3.63, 3.8) is 0 Å². The highest BCUT2D eigenvalue weighted by atomic mass is 32.2. The molecule has 0 saturated carbocycles. The van der Waals surface area contributed by atoms with Gasteiger partial charge in [0, 0.05) is 30.9 Å². The van der Waals surface area contributed by atoms with Gasteiger partial charge >= 0.3 is 0 Å². The van der Waals surface area contributed by atoms with Crippen molar-refractivity contribution < 1.29 is 13.5 Å². The first-order valence-electron chi connectivity index (χ1n) is 10.1. The lowest BCUT2D eigenvalue weighted by molar-refractivity contribution is 0.247. The molecule has 1 saturated heterocycles. The number of unbranched alkanes of at least 4 members (excludes halogenated alkanes) is 1. The number of aromatic amines is 1. The molecule has 1 unspecified atom stereocenters. The predicted molar refractivity (Wildman–Crippen MR) is 113 cm³/mol. The van der Waals surface area contributed by atoms with E-state index >= 15 is 0 Å². The van der Waals surface area contributed by atoms with Crippen LogP contribution in [-0.4, -0.2) is 75.1 Å². The van der Waals surface area contributed by atoms with Crippen molar-refractivity contribution in [3.8, 4) is 17.1 Å². The van der Waals surface area contributed by atoms with Gasteiger partial charge < -0.3 is 14.6 Å². The van der Waals surface area contributed by atoms with Crippen molar-refractivity contribution in [1.82, 2.24) is 34.7 Å². The number of ether oxygens (including phenoxy) is 1. The van der Waals surface area contributed by atoms with E-state index < -0.39 is 11.1 Å². The molecule has 3 aromatic rings. The number of aromatic nitrogens is 6. The lowest BCUT2D eigenvalue weighted by Crippen LogP contribution is -2.40. The Labute approximate surface area is 176 Å². The fourth-order valence-corrected chi connectivity index (χ4v) is 4.03. The molecule has 0 amide bonds. The van der Waals surface area contributed by atoms with Gasteiger partial charge in [0.05, 0.1) is 19.0 Å². The summed E-state index contributed by atoms with van der Waals surface area (Å²) in [4.78, 5) is 11.1. The third-order valence-corrected chi connectivity index (χ3v) is 5.64. The molecule has 0 aromatic carbocycles. The summed E-state index contributed by atoms with van der Waals surface area (Å²) in [5, 5.41) is 14.8. The molecule has 0 radical (unpaired) electrons. The first kappa shape index (κ1) is 20.7. The van der Waals surface area contributed by atoms with Gasteiger partial charge in [-0.2, -0.15) is 14.6 Å². The number of H-pyrrole nitrogens is 1. The lowest BCUT2D eigenvalue weighted by atomic mass is 10.1. The summed E-state index contributed by atoms with van der Waals surface area (Å²) in [6.07, 6.45) is 8.80. The van der Waals surface area contributed by atoms with Crippen molar-refractivity contribution in [2.45, 2.75) is 38.6 Å². The van der Waals surface area contributed by atoms with Crippen LogP contribution in [0.3, 0.4) is 0 Å². The van der Waals surface area contributed by atoms with Crippen LogP contribution in [0.5, 0.6) is 5.88 Å². The average molecular weight is 435 g/mol. The van der Waals surface area contributed by atoms with E-state index in [1.165, 1.54) is 0 Å². The zero-order chi connectivity index (χ0) is 20.9. The molecule has 1 atom stereocenters. The standard InChI is InChI=1S/C18H26N8O3S/c1-2-3-8-29-17-16(13-9-20-21-10-13)19-11-15-23-18(24-26(15)17)22-14-4-6-25(7-5-14)12-30(27)28/h9-11,14H,2-8,12H2,1H3,(H,20,21)(H,22,24)(H,27,28). The van der Waals surface area contributed by atoms with E-state index in [4.69, 9.17) is 9.29 Å². The van der Waals surface area contributed by atoms with Gasteiger partial charge in [0.2, 0.25) is 11.8 Å². The fraction of sp³-hybridized carbons (Fsp3) is 0.556. The third kappa shape index (κ3) is 4.77. The van der Waals surface area contributed by atoms with Crippen LogP contribution in [0, 0.1) is 0 Å². The van der Waals surface area contributed by atoms with Gasteiger partial charge in [0.25, 0.3) is 0 Å². The molecular formula is C18H26N8O3S. The number of hydrogen-bond donors (Lipinski definition) is 3. The van der Waals surface area contributed by atoms with Crippen LogP contribution in [0.4, 0.5) is 5.95 Å². The largest absolute Gasteiger partial charge is 0.476 e. The van der Waals surface area contributed by atoms with Gasteiger partial charge in [-0.1, -0.05) is 13.3 Å². The Morgan fingerprint density at radius 1 is 1.37 bits per heavy atom. The summed E-state index contributed by atoms with van der Waals surface area (Å²) in [5.74, 6) is 1.26. The highest BCUT2D eigenvalue weighted by molar-refractivity contribution is 7.79. The fourth-order valence-electron chi connectivity index (χ4n) is 3.46. The quantitative estimate of drug-likeness (QED) is 0.340. The van der Waals surface area contributed by atoms with Crippen molar-refractivity contribution in [2.24, 2.45) is 0 Å². The monoisotopic (exact) mass is 434 g/mol. The summed E-state index contributed by atoms with van der Waals surface area (Å²) < 4.78 is 27.8. The number of fused-ring (bicyclic) bond motifs is 1. The van der Waals surface area contributed by atoms with Crippen LogP contribution < -0.4 is 10.1 Å². The summed E-state index contributed by atoms with van der Waals surface area (Å²) in [7, 11) is 0. The third-order valence-electron chi connectivity index (χ3n) is 5.06. The Balaban J connectivity index is 1.53. The number of nitrogens with one attached hydrogen (secondary N) is 2. The van der Waals surface area contributed by atoms with Gasteiger partial charge in [-0.3, -0.25) is 10.00 Å². The SMILES string of the molecule is CCCCOc1c(-c2cn[nH]c2)ncc2nc(NC3CCN(CS(=O)O)CC3)nn12. The average Bonchev–Trinajstić information content (AvgIpc) is 3.39. The summed E-state index contributed by atoms with van der Waals surface area (Å²) in [5.41, 5.74) is 2.08. The molecule has 0 aliphatic carbocycles. The molecule has 1 aliphatic heterocycles. The minimum atomic E-state index is -1.79. The molecule has 12 heteroatoms. The minimum absolute atomic E-state index is 0.195. The van der Waals surface area contributed by atoms with Crippen LogP contribution in [0.15, 0.2) is 18.6 Å². The van der Waals surface area contributed by atoms with E-state index in [9.17, 15) is 4.21 Å². The lowest BCUT2D eigenvalue weighted by Gasteiger charge is -2.30. The molecule has 0 bridgehead atoms. The molecule has 3 N–H and O–H groups in total. The molecule has 30 heavy (non-hydrogen) atoms. The summed E-state index contributed by atoms with van der Waals surface area (Å²) >= 11 is -1.79. The first-order valence-corrected chi connectivity index (χ1v) is 11.4. The van der Waals surface area contributed by atoms with Crippen molar-refractivity contribution in [1.29, 1.82) is 0 Å². The number of nitrogens with zero attached hydrogens (tertiary/aromatic N) is 6. The van der Waals surface area contributed by atoms with Gasteiger partial charge in [0.15, 0.2) is 16.7 Å². The molecule has 11 nitrogen and oxygen atoms in total. The maximum absolute atomic E-state index is 11.0. The van der Waals surface area contributed by atoms with E-state index in [0.717, 1.165) is 44.3 Å². The molecular weight excluding hydrogens is 408 g/mol. The van der Waals surface area contributed by atoms with Gasteiger partial charge in [-0.15, -0.1) is 5.10 Å². The molecule has 4 heterocycles. The summed E-state index contributed by atoms with van der Waals surface area (Å²) in [6, 6.07) is 0.205. The molecule has 0 spiro atoms. The number of piperidine rings is 1.